The lowest BCUT2D eigenvalue weighted by atomic mass is 9.86. The molecule has 1 saturated heterocycles. The van der Waals surface area contributed by atoms with Crippen LogP contribution < -0.4 is 5.32 Å². The minimum absolute atomic E-state index is 0.308. The SMILES string of the molecule is CN(C)CCN1CCNCC1(CCN(C)C)CCN(C)C. The molecule has 5 heteroatoms. The van der Waals surface area contributed by atoms with Crippen LogP contribution >= 0.6 is 0 Å². The lowest BCUT2D eigenvalue weighted by Gasteiger charge is -2.49. The topological polar surface area (TPSA) is 25.0 Å². The van der Waals surface area contributed by atoms with E-state index in [-0.39, 0.29) is 0 Å². The summed E-state index contributed by atoms with van der Waals surface area (Å²) in [5.41, 5.74) is 0.308. The fourth-order valence-electron chi connectivity index (χ4n) is 3.04. The summed E-state index contributed by atoms with van der Waals surface area (Å²) in [6.45, 7) is 8.07. The lowest BCUT2D eigenvalue weighted by molar-refractivity contribution is 0.0289. The van der Waals surface area contributed by atoms with E-state index < -0.39 is 0 Å². The van der Waals surface area contributed by atoms with E-state index in [4.69, 9.17) is 0 Å². The Kier molecular flexibility index (Phi) is 8.13. The van der Waals surface area contributed by atoms with Crippen LogP contribution in [0.5, 0.6) is 0 Å². The summed E-state index contributed by atoms with van der Waals surface area (Å²) in [6, 6.07) is 0. The van der Waals surface area contributed by atoms with Crippen molar-refractivity contribution >= 4 is 0 Å². The van der Waals surface area contributed by atoms with E-state index in [1.54, 1.807) is 0 Å². The standard InChI is InChI=1S/C16H37N5/c1-18(2)10-7-16(8-11-19(3)4)15-17-9-12-21(16)14-13-20(5)6/h17H,7-15H2,1-6H3. The van der Waals surface area contributed by atoms with Gasteiger partial charge in [-0.3, -0.25) is 4.90 Å². The molecule has 0 saturated carbocycles. The van der Waals surface area contributed by atoms with Crippen LogP contribution in [-0.4, -0.2) is 113 Å². The van der Waals surface area contributed by atoms with Crippen molar-refractivity contribution in [2.75, 3.05) is 88.1 Å². The highest BCUT2D eigenvalue weighted by molar-refractivity contribution is 4.97. The van der Waals surface area contributed by atoms with Crippen molar-refractivity contribution in [2.45, 2.75) is 18.4 Å². The zero-order valence-corrected chi connectivity index (χ0v) is 15.2. The van der Waals surface area contributed by atoms with Gasteiger partial charge >= 0.3 is 0 Å². The van der Waals surface area contributed by atoms with E-state index >= 15 is 0 Å². The van der Waals surface area contributed by atoms with E-state index in [0.717, 1.165) is 32.7 Å². The Morgan fingerprint density at radius 3 is 1.86 bits per heavy atom. The van der Waals surface area contributed by atoms with Gasteiger partial charge in [-0.25, -0.2) is 0 Å². The highest BCUT2D eigenvalue weighted by Gasteiger charge is 2.38. The monoisotopic (exact) mass is 299 g/mol. The van der Waals surface area contributed by atoms with Gasteiger partial charge in [0.2, 0.25) is 0 Å². The number of nitrogens with zero attached hydrogens (tertiary/aromatic N) is 4. The maximum atomic E-state index is 3.65. The van der Waals surface area contributed by atoms with Crippen LogP contribution in [0, 0.1) is 0 Å². The fraction of sp³-hybridized carbons (Fsp3) is 1.00. The highest BCUT2D eigenvalue weighted by Crippen LogP contribution is 2.26. The second-order valence-corrected chi connectivity index (χ2v) is 7.30. The predicted octanol–water partition coefficient (Wildman–Crippen LogP) is 0.0954. The van der Waals surface area contributed by atoms with E-state index in [1.165, 1.54) is 25.9 Å². The second kappa shape index (κ2) is 9.06. The van der Waals surface area contributed by atoms with Gasteiger partial charge in [-0.05, 0) is 68.2 Å². The van der Waals surface area contributed by atoms with E-state index in [0.29, 0.717) is 5.54 Å². The van der Waals surface area contributed by atoms with Gasteiger partial charge in [-0.2, -0.15) is 0 Å². The molecular formula is C16H37N5. The van der Waals surface area contributed by atoms with Crippen molar-refractivity contribution in [3.63, 3.8) is 0 Å². The summed E-state index contributed by atoms with van der Waals surface area (Å²) >= 11 is 0. The third-order valence-electron chi connectivity index (χ3n) is 4.55. The average Bonchev–Trinajstić information content (AvgIpc) is 2.41. The number of likely N-dealkylation sites (N-methyl/N-ethyl adjacent to an activating group) is 1. The number of hydrogen-bond donors (Lipinski definition) is 1. The largest absolute Gasteiger partial charge is 0.314 e. The Morgan fingerprint density at radius 2 is 1.38 bits per heavy atom. The van der Waals surface area contributed by atoms with Crippen LogP contribution in [-0.2, 0) is 0 Å². The van der Waals surface area contributed by atoms with Crippen molar-refractivity contribution < 1.29 is 0 Å². The van der Waals surface area contributed by atoms with Gasteiger partial charge in [-0.15, -0.1) is 0 Å². The summed E-state index contributed by atoms with van der Waals surface area (Å²) in [7, 11) is 13.1. The Morgan fingerprint density at radius 1 is 0.857 bits per heavy atom. The smallest absolute Gasteiger partial charge is 0.0359 e. The van der Waals surface area contributed by atoms with Crippen LogP contribution in [0.1, 0.15) is 12.8 Å². The molecule has 0 spiro atoms. The molecule has 1 N–H and O–H groups in total. The molecule has 1 rings (SSSR count). The minimum Gasteiger partial charge on any atom is -0.314 e. The van der Waals surface area contributed by atoms with Gasteiger partial charge in [0.1, 0.15) is 0 Å². The zero-order chi connectivity index (χ0) is 15.9. The maximum Gasteiger partial charge on any atom is 0.0359 e. The first-order valence-electron chi connectivity index (χ1n) is 8.26. The number of hydrogen-bond acceptors (Lipinski definition) is 5. The summed E-state index contributed by atoms with van der Waals surface area (Å²) in [5.74, 6) is 0. The van der Waals surface area contributed by atoms with Crippen LogP contribution in [0.15, 0.2) is 0 Å². The Bertz CT molecular complexity index is 266. The molecule has 0 unspecified atom stereocenters. The van der Waals surface area contributed by atoms with E-state index in [1.807, 2.05) is 0 Å². The van der Waals surface area contributed by atoms with Gasteiger partial charge in [0.05, 0.1) is 0 Å². The van der Waals surface area contributed by atoms with Crippen molar-refractivity contribution in [1.29, 1.82) is 0 Å². The molecule has 0 aromatic carbocycles. The first-order valence-corrected chi connectivity index (χ1v) is 8.26. The predicted molar refractivity (Wildman–Crippen MR) is 92.1 cm³/mol. The van der Waals surface area contributed by atoms with Crippen molar-refractivity contribution in [3.05, 3.63) is 0 Å². The molecule has 0 aromatic heterocycles. The van der Waals surface area contributed by atoms with Crippen LogP contribution in [0.3, 0.4) is 0 Å². The number of piperazine rings is 1. The molecule has 0 radical (unpaired) electrons. The van der Waals surface area contributed by atoms with Crippen LogP contribution in [0.4, 0.5) is 0 Å². The number of rotatable bonds is 9. The third kappa shape index (κ3) is 6.61. The Balaban J connectivity index is 2.75. The lowest BCUT2D eigenvalue weighted by Crippen LogP contribution is -2.63. The quantitative estimate of drug-likeness (QED) is 0.651. The van der Waals surface area contributed by atoms with Gasteiger partial charge in [0.25, 0.3) is 0 Å². The van der Waals surface area contributed by atoms with Gasteiger partial charge in [-0.1, -0.05) is 0 Å². The molecular weight excluding hydrogens is 262 g/mol. The molecule has 5 nitrogen and oxygen atoms in total. The van der Waals surface area contributed by atoms with Crippen molar-refractivity contribution in [3.8, 4) is 0 Å². The zero-order valence-electron chi connectivity index (χ0n) is 15.2. The summed E-state index contributed by atoms with van der Waals surface area (Å²) in [4.78, 5) is 9.67. The summed E-state index contributed by atoms with van der Waals surface area (Å²) in [6.07, 6.45) is 2.49. The summed E-state index contributed by atoms with van der Waals surface area (Å²) in [5, 5.41) is 3.65. The average molecular weight is 300 g/mol. The van der Waals surface area contributed by atoms with Gasteiger partial charge in [0, 0.05) is 38.3 Å². The minimum atomic E-state index is 0.308. The molecule has 21 heavy (non-hydrogen) atoms. The molecule has 0 amide bonds. The molecule has 0 bridgehead atoms. The first-order chi connectivity index (χ1) is 9.85. The van der Waals surface area contributed by atoms with Gasteiger partial charge in [0.15, 0.2) is 0 Å². The number of nitrogens with one attached hydrogen (secondary N) is 1. The highest BCUT2D eigenvalue weighted by atomic mass is 15.3. The molecule has 126 valence electrons. The molecule has 1 heterocycles. The Hall–Kier alpha value is -0.200. The van der Waals surface area contributed by atoms with Crippen molar-refractivity contribution in [2.24, 2.45) is 0 Å². The molecule has 1 aliphatic rings. The molecule has 0 aromatic rings. The van der Waals surface area contributed by atoms with Gasteiger partial charge < -0.3 is 20.0 Å². The Labute approximate surface area is 132 Å². The van der Waals surface area contributed by atoms with Crippen LogP contribution in [0.2, 0.25) is 0 Å². The normalized spacial score (nSPS) is 19.9. The second-order valence-electron chi connectivity index (χ2n) is 7.30. The molecule has 0 atom stereocenters. The van der Waals surface area contributed by atoms with Crippen molar-refractivity contribution in [1.82, 2.24) is 24.9 Å². The molecule has 1 fully saturated rings. The first kappa shape index (κ1) is 18.8. The van der Waals surface area contributed by atoms with E-state index in [2.05, 4.69) is 67.2 Å². The maximum absolute atomic E-state index is 3.65. The molecule has 1 aliphatic heterocycles. The van der Waals surface area contributed by atoms with E-state index in [9.17, 15) is 0 Å². The fourth-order valence-corrected chi connectivity index (χ4v) is 3.04. The third-order valence-corrected chi connectivity index (χ3v) is 4.55. The summed E-state index contributed by atoms with van der Waals surface area (Å²) < 4.78 is 0. The van der Waals surface area contributed by atoms with Crippen LogP contribution in [0.25, 0.3) is 0 Å². The molecule has 0 aliphatic carbocycles.